The molecule has 0 spiro atoms. The van der Waals surface area contributed by atoms with Gasteiger partial charge in [0.05, 0.1) is 11.7 Å². The second-order valence-corrected chi connectivity index (χ2v) is 5.64. The summed E-state index contributed by atoms with van der Waals surface area (Å²) in [4.78, 5) is 12.2. The third kappa shape index (κ3) is 3.72. The normalized spacial score (nSPS) is 17.6. The first-order chi connectivity index (χ1) is 10.9. The zero-order valence-corrected chi connectivity index (χ0v) is 12.3. The number of carbonyl (C=O) groups is 1. The highest BCUT2D eigenvalue weighted by molar-refractivity contribution is 5.94. The molecule has 122 valence electrons. The van der Waals surface area contributed by atoms with E-state index in [0.717, 1.165) is 16.7 Å². The number of benzene rings is 1. The molecule has 1 N–H and O–H groups in total. The van der Waals surface area contributed by atoms with Crippen molar-refractivity contribution in [1.29, 1.82) is 0 Å². The maximum Gasteiger partial charge on any atom is 0.408 e. The van der Waals surface area contributed by atoms with Crippen LogP contribution >= 0.6 is 0 Å². The number of hydrogen-bond acceptors (Lipinski definition) is 2. The number of alkyl halides is 3. The molecule has 0 saturated carbocycles. The summed E-state index contributed by atoms with van der Waals surface area (Å²) in [5.41, 5.74) is 1.85. The molecule has 1 aliphatic carbocycles. The Bertz CT molecular complexity index is 694. The lowest BCUT2D eigenvalue weighted by Crippen LogP contribution is -2.31. The van der Waals surface area contributed by atoms with Gasteiger partial charge in [0, 0.05) is 11.8 Å². The average molecular weight is 323 g/mol. The summed E-state index contributed by atoms with van der Waals surface area (Å²) in [6, 6.07) is 8.39. The van der Waals surface area contributed by atoms with Crippen LogP contribution in [0.4, 0.5) is 13.2 Å². The molecule has 0 fully saturated rings. The monoisotopic (exact) mass is 323 g/mol. The van der Waals surface area contributed by atoms with Crippen LogP contribution in [0.15, 0.2) is 36.5 Å². The summed E-state index contributed by atoms with van der Waals surface area (Å²) in [5, 5.41) is 6.92. The lowest BCUT2D eigenvalue weighted by atomic mass is 9.93. The molecule has 0 aliphatic heterocycles. The van der Waals surface area contributed by atoms with Crippen molar-refractivity contribution < 1.29 is 18.0 Å². The molecular formula is C16H16F3N3O. The Balaban J connectivity index is 1.77. The second-order valence-electron chi connectivity index (χ2n) is 5.64. The largest absolute Gasteiger partial charge is 0.408 e. The number of amides is 1. The van der Waals surface area contributed by atoms with Gasteiger partial charge >= 0.3 is 6.18 Å². The van der Waals surface area contributed by atoms with Crippen molar-refractivity contribution in [2.75, 3.05) is 0 Å². The number of aromatic nitrogens is 2. The van der Waals surface area contributed by atoms with Crippen molar-refractivity contribution in [2.45, 2.75) is 38.0 Å². The molecule has 1 aliphatic rings. The van der Waals surface area contributed by atoms with Gasteiger partial charge in [0.15, 0.2) is 0 Å². The molecule has 1 aromatic carbocycles. The van der Waals surface area contributed by atoms with E-state index in [-0.39, 0.29) is 11.9 Å². The number of nitrogens with one attached hydrogen (secondary N) is 1. The summed E-state index contributed by atoms with van der Waals surface area (Å²) in [7, 11) is 0. The summed E-state index contributed by atoms with van der Waals surface area (Å²) < 4.78 is 38.4. The quantitative estimate of drug-likeness (QED) is 0.942. The van der Waals surface area contributed by atoms with Crippen LogP contribution in [0.25, 0.3) is 0 Å². The van der Waals surface area contributed by atoms with E-state index >= 15 is 0 Å². The van der Waals surface area contributed by atoms with E-state index in [0.29, 0.717) is 24.1 Å². The molecule has 0 bridgehead atoms. The topological polar surface area (TPSA) is 46.9 Å². The number of nitrogens with zero attached hydrogens (tertiary/aromatic N) is 2. The summed E-state index contributed by atoms with van der Waals surface area (Å²) in [6.07, 6.45) is -0.703. The number of carbonyl (C=O) groups excluding carboxylic acids is 1. The fourth-order valence-corrected chi connectivity index (χ4v) is 2.83. The van der Waals surface area contributed by atoms with E-state index in [1.807, 2.05) is 6.07 Å². The Kier molecular flexibility index (Phi) is 4.11. The van der Waals surface area contributed by atoms with E-state index in [1.165, 1.54) is 6.20 Å². The van der Waals surface area contributed by atoms with E-state index < -0.39 is 12.7 Å². The van der Waals surface area contributed by atoms with Crippen LogP contribution in [-0.2, 0) is 13.0 Å². The van der Waals surface area contributed by atoms with Crippen LogP contribution < -0.4 is 5.32 Å². The van der Waals surface area contributed by atoms with Crippen molar-refractivity contribution in [1.82, 2.24) is 15.1 Å². The maximum absolute atomic E-state index is 12.5. The molecular weight excluding hydrogens is 307 g/mol. The molecule has 7 heteroatoms. The Morgan fingerprint density at radius 3 is 2.74 bits per heavy atom. The highest BCUT2D eigenvalue weighted by atomic mass is 19.4. The Morgan fingerprint density at radius 1 is 1.30 bits per heavy atom. The van der Waals surface area contributed by atoms with Crippen molar-refractivity contribution in [2.24, 2.45) is 0 Å². The lowest BCUT2D eigenvalue weighted by Gasteiger charge is -2.22. The first kappa shape index (κ1) is 15.6. The lowest BCUT2D eigenvalue weighted by molar-refractivity contribution is -0.142. The van der Waals surface area contributed by atoms with Gasteiger partial charge in [0.2, 0.25) is 0 Å². The molecule has 0 radical (unpaired) electrons. The molecule has 1 atom stereocenters. The first-order valence-electron chi connectivity index (χ1n) is 7.41. The van der Waals surface area contributed by atoms with Gasteiger partial charge in [-0.1, -0.05) is 18.2 Å². The second kappa shape index (κ2) is 6.06. The summed E-state index contributed by atoms with van der Waals surface area (Å²) >= 11 is 0. The fraction of sp³-hybridized carbons (Fsp3) is 0.375. The fourth-order valence-electron chi connectivity index (χ4n) is 2.83. The third-order valence-corrected chi connectivity index (χ3v) is 3.82. The molecule has 0 unspecified atom stereocenters. The molecule has 1 heterocycles. The van der Waals surface area contributed by atoms with Gasteiger partial charge in [-0.3, -0.25) is 9.48 Å². The highest BCUT2D eigenvalue weighted by Crippen LogP contribution is 2.29. The van der Waals surface area contributed by atoms with Gasteiger partial charge in [0.25, 0.3) is 5.91 Å². The molecule has 2 aromatic rings. The SMILES string of the molecule is O=C(N[C@@H]1CCCc2cn(CC(F)(F)F)nc21)c1ccccc1. The number of hydrogen-bond donors (Lipinski definition) is 1. The first-order valence-corrected chi connectivity index (χ1v) is 7.41. The molecule has 1 aromatic heterocycles. The van der Waals surface area contributed by atoms with Gasteiger partial charge in [0.1, 0.15) is 6.54 Å². The minimum atomic E-state index is -4.31. The standard InChI is InChI=1S/C16H16F3N3O/c17-16(18,19)10-22-9-12-7-4-8-13(14(12)21-22)20-15(23)11-5-2-1-3-6-11/h1-3,5-6,9,13H,4,7-8,10H2,(H,20,23)/t13-/m1/s1. The van der Waals surface area contributed by atoms with Crippen molar-refractivity contribution >= 4 is 5.91 Å². The maximum atomic E-state index is 12.5. The van der Waals surface area contributed by atoms with Gasteiger partial charge in [-0.2, -0.15) is 18.3 Å². The summed E-state index contributed by atoms with van der Waals surface area (Å²) in [5.74, 6) is -0.242. The highest BCUT2D eigenvalue weighted by Gasteiger charge is 2.31. The molecule has 3 rings (SSSR count). The van der Waals surface area contributed by atoms with Gasteiger partial charge in [-0.05, 0) is 37.0 Å². The van der Waals surface area contributed by atoms with E-state index in [4.69, 9.17) is 0 Å². The van der Waals surface area contributed by atoms with Crippen LogP contribution in [0.5, 0.6) is 0 Å². The number of halogens is 3. The minimum Gasteiger partial charge on any atom is -0.344 e. The van der Waals surface area contributed by atoms with Crippen molar-refractivity contribution in [3.63, 3.8) is 0 Å². The average Bonchev–Trinajstić information content (AvgIpc) is 2.89. The van der Waals surface area contributed by atoms with Crippen LogP contribution in [0.1, 0.15) is 40.5 Å². The number of rotatable bonds is 3. The zero-order valence-electron chi connectivity index (χ0n) is 12.3. The van der Waals surface area contributed by atoms with Crippen LogP contribution in [0.2, 0.25) is 0 Å². The molecule has 4 nitrogen and oxygen atoms in total. The van der Waals surface area contributed by atoms with Crippen LogP contribution in [0, 0.1) is 0 Å². The molecule has 23 heavy (non-hydrogen) atoms. The van der Waals surface area contributed by atoms with Gasteiger partial charge in [-0.15, -0.1) is 0 Å². The Morgan fingerprint density at radius 2 is 2.04 bits per heavy atom. The number of aryl methyl sites for hydroxylation is 1. The van der Waals surface area contributed by atoms with Gasteiger partial charge in [-0.25, -0.2) is 0 Å². The van der Waals surface area contributed by atoms with E-state index in [2.05, 4.69) is 10.4 Å². The Labute approximate surface area is 131 Å². The summed E-state index contributed by atoms with van der Waals surface area (Å²) in [6.45, 7) is -1.11. The van der Waals surface area contributed by atoms with Crippen molar-refractivity contribution in [3.05, 3.63) is 53.3 Å². The van der Waals surface area contributed by atoms with E-state index in [9.17, 15) is 18.0 Å². The molecule has 1 amide bonds. The minimum absolute atomic E-state index is 0.242. The molecule has 0 saturated heterocycles. The smallest absolute Gasteiger partial charge is 0.344 e. The van der Waals surface area contributed by atoms with Crippen LogP contribution in [0.3, 0.4) is 0 Å². The van der Waals surface area contributed by atoms with Crippen LogP contribution in [-0.4, -0.2) is 21.9 Å². The van der Waals surface area contributed by atoms with E-state index in [1.54, 1.807) is 24.3 Å². The van der Waals surface area contributed by atoms with Crippen molar-refractivity contribution in [3.8, 4) is 0 Å². The number of fused-ring (bicyclic) bond motifs is 1. The predicted octanol–water partition coefficient (Wildman–Crippen LogP) is 3.25. The predicted molar refractivity (Wildman–Crippen MR) is 77.9 cm³/mol. The zero-order chi connectivity index (χ0) is 16.4. The Hall–Kier alpha value is -2.31. The third-order valence-electron chi connectivity index (χ3n) is 3.82. The van der Waals surface area contributed by atoms with Gasteiger partial charge < -0.3 is 5.32 Å².